The van der Waals surface area contributed by atoms with E-state index in [2.05, 4.69) is 0 Å². The van der Waals surface area contributed by atoms with E-state index in [-0.39, 0.29) is 12.9 Å². The molecule has 1 fully saturated rings. The quantitative estimate of drug-likeness (QED) is 0.662. The lowest BCUT2D eigenvalue weighted by molar-refractivity contribution is -0.365. The molecule has 0 aromatic carbocycles. The zero-order valence-electron chi connectivity index (χ0n) is 12.2. The standard InChI is InChI=1S/C13H26O7/c1-2-13-11-17-9-7-15-5-3-14-4-6-16-8-10-18-12-19-20-13/h13H,2-12H2,1H3. The summed E-state index contributed by atoms with van der Waals surface area (Å²) in [7, 11) is 0. The van der Waals surface area contributed by atoms with E-state index in [0.29, 0.717) is 59.5 Å². The van der Waals surface area contributed by atoms with Crippen molar-refractivity contribution in [3.63, 3.8) is 0 Å². The summed E-state index contributed by atoms with van der Waals surface area (Å²) in [6.45, 7) is 6.81. The summed E-state index contributed by atoms with van der Waals surface area (Å²) in [5.74, 6) is 0. The summed E-state index contributed by atoms with van der Waals surface area (Å²) in [4.78, 5) is 10.2. The van der Waals surface area contributed by atoms with Crippen molar-refractivity contribution >= 4 is 0 Å². The minimum Gasteiger partial charge on any atom is -0.377 e. The molecule has 0 radical (unpaired) electrons. The minimum absolute atomic E-state index is 0.0828. The molecule has 0 amide bonds. The molecule has 1 unspecified atom stereocenters. The molecule has 0 N–H and O–H groups in total. The van der Waals surface area contributed by atoms with E-state index < -0.39 is 0 Å². The van der Waals surface area contributed by atoms with Crippen LogP contribution in [-0.4, -0.2) is 72.4 Å². The predicted octanol–water partition coefficient (Wildman–Crippen LogP) is 0.767. The Balaban J connectivity index is 2.14. The lowest BCUT2D eigenvalue weighted by Gasteiger charge is -2.15. The van der Waals surface area contributed by atoms with Gasteiger partial charge in [-0.25, -0.2) is 9.78 Å². The van der Waals surface area contributed by atoms with Gasteiger partial charge in [-0.05, 0) is 6.42 Å². The van der Waals surface area contributed by atoms with Crippen molar-refractivity contribution in [2.24, 2.45) is 0 Å². The first-order valence-electron chi connectivity index (χ1n) is 7.10. The zero-order valence-corrected chi connectivity index (χ0v) is 12.2. The molecule has 20 heavy (non-hydrogen) atoms. The van der Waals surface area contributed by atoms with Crippen LogP contribution in [0.1, 0.15) is 13.3 Å². The third kappa shape index (κ3) is 10.5. The molecule has 1 heterocycles. The van der Waals surface area contributed by atoms with Gasteiger partial charge in [-0.1, -0.05) is 6.92 Å². The van der Waals surface area contributed by atoms with Gasteiger partial charge in [0.2, 0.25) is 0 Å². The van der Waals surface area contributed by atoms with E-state index in [1.165, 1.54) is 0 Å². The topological polar surface area (TPSA) is 64.6 Å². The highest BCUT2D eigenvalue weighted by molar-refractivity contribution is 4.50. The zero-order chi connectivity index (χ0) is 14.3. The fraction of sp³-hybridized carbons (Fsp3) is 1.00. The van der Waals surface area contributed by atoms with Crippen LogP contribution in [0.4, 0.5) is 0 Å². The van der Waals surface area contributed by atoms with Crippen LogP contribution in [0.2, 0.25) is 0 Å². The van der Waals surface area contributed by atoms with Gasteiger partial charge < -0.3 is 23.7 Å². The molecule has 0 spiro atoms. The largest absolute Gasteiger partial charge is 0.377 e. The van der Waals surface area contributed by atoms with Gasteiger partial charge in [-0.2, -0.15) is 0 Å². The second kappa shape index (κ2) is 13.7. The predicted molar refractivity (Wildman–Crippen MR) is 70.3 cm³/mol. The summed E-state index contributed by atoms with van der Waals surface area (Å²) in [6.07, 6.45) is 0.703. The normalized spacial score (nSPS) is 26.6. The first-order chi connectivity index (χ1) is 9.93. The number of hydrogen-bond acceptors (Lipinski definition) is 7. The smallest absolute Gasteiger partial charge is 0.180 e. The van der Waals surface area contributed by atoms with Gasteiger partial charge in [-0.15, -0.1) is 0 Å². The monoisotopic (exact) mass is 294 g/mol. The van der Waals surface area contributed by atoms with Crippen LogP contribution in [0, 0.1) is 0 Å². The van der Waals surface area contributed by atoms with E-state index in [1.54, 1.807) is 0 Å². The van der Waals surface area contributed by atoms with Crippen molar-refractivity contribution in [1.82, 2.24) is 0 Å². The van der Waals surface area contributed by atoms with Crippen LogP contribution in [0.5, 0.6) is 0 Å². The molecule has 0 aromatic rings. The van der Waals surface area contributed by atoms with Gasteiger partial charge in [0.1, 0.15) is 6.10 Å². The van der Waals surface area contributed by atoms with Crippen molar-refractivity contribution in [1.29, 1.82) is 0 Å². The van der Waals surface area contributed by atoms with Crippen LogP contribution >= 0.6 is 0 Å². The maximum atomic E-state index is 5.45. The summed E-state index contributed by atoms with van der Waals surface area (Å²) >= 11 is 0. The third-order valence-electron chi connectivity index (χ3n) is 2.58. The van der Waals surface area contributed by atoms with Gasteiger partial charge in [0, 0.05) is 0 Å². The first kappa shape index (κ1) is 17.8. The molecule has 0 bridgehead atoms. The molecule has 1 saturated heterocycles. The van der Waals surface area contributed by atoms with Gasteiger partial charge in [0.05, 0.1) is 59.5 Å². The first-order valence-corrected chi connectivity index (χ1v) is 7.10. The van der Waals surface area contributed by atoms with E-state index >= 15 is 0 Å². The summed E-state index contributed by atoms with van der Waals surface area (Å²) in [5.41, 5.74) is 0. The number of hydrogen-bond donors (Lipinski definition) is 0. The molecule has 120 valence electrons. The third-order valence-corrected chi connectivity index (χ3v) is 2.58. The fourth-order valence-electron chi connectivity index (χ4n) is 1.42. The molecule has 1 aliphatic rings. The Morgan fingerprint density at radius 2 is 1.20 bits per heavy atom. The van der Waals surface area contributed by atoms with Crippen molar-refractivity contribution in [2.75, 3.05) is 66.3 Å². The molecular weight excluding hydrogens is 268 g/mol. The van der Waals surface area contributed by atoms with Crippen molar-refractivity contribution in [2.45, 2.75) is 19.4 Å². The highest BCUT2D eigenvalue weighted by atomic mass is 17.2. The Kier molecular flexibility index (Phi) is 12.2. The van der Waals surface area contributed by atoms with E-state index in [0.717, 1.165) is 6.42 Å². The second-order valence-corrected chi connectivity index (χ2v) is 4.18. The fourth-order valence-corrected chi connectivity index (χ4v) is 1.42. The number of rotatable bonds is 1. The molecule has 7 nitrogen and oxygen atoms in total. The lowest BCUT2D eigenvalue weighted by atomic mass is 10.3. The molecule has 1 rings (SSSR count). The molecule has 7 heteroatoms. The van der Waals surface area contributed by atoms with Crippen molar-refractivity contribution < 1.29 is 33.5 Å². The van der Waals surface area contributed by atoms with Gasteiger partial charge in [0.15, 0.2) is 6.79 Å². The van der Waals surface area contributed by atoms with Gasteiger partial charge in [0.25, 0.3) is 0 Å². The highest BCUT2D eigenvalue weighted by Gasteiger charge is 2.08. The maximum Gasteiger partial charge on any atom is 0.180 e. The van der Waals surface area contributed by atoms with Crippen molar-refractivity contribution in [3.05, 3.63) is 0 Å². The summed E-state index contributed by atoms with van der Waals surface area (Å²) < 4.78 is 26.7. The van der Waals surface area contributed by atoms with Gasteiger partial charge in [-0.3, -0.25) is 0 Å². The molecule has 0 saturated carbocycles. The van der Waals surface area contributed by atoms with E-state index in [1.807, 2.05) is 6.92 Å². The second-order valence-electron chi connectivity index (χ2n) is 4.18. The van der Waals surface area contributed by atoms with Crippen LogP contribution in [0.25, 0.3) is 0 Å². The van der Waals surface area contributed by atoms with Crippen LogP contribution in [-0.2, 0) is 33.5 Å². The minimum atomic E-state index is -0.0999. The van der Waals surface area contributed by atoms with Crippen LogP contribution < -0.4 is 0 Å². The SMILES string of the molecule is CCC1COCCOCCOCCOCCOCOO1. The molecule has 0 aromatic heterocycles. The molecular formula is C13H26O7. The number of ether oxygens (including phenoxy) is 5. The Morgan fingerprint density at radius 3 is 1.75 bits per heavy atom. The lowest BCUT2D eigenvalue weighted by Crippen LogP contribution is -2.22. The summed E-state index contributed by atoms with van der Waals surface area (Å²) in [5, 5.41) is 0. The highest BCUT2D eigenvalue weighted by Crippen LogP contribution is 2.00. The van der Waals surface area contributed by atoms with Crippen LogP contribution in [0.3, 0.4) is 0 Å². The Hall–Kier alpha value is -0.280. The Morgan fingerprint density at radius 1 is 0.700 bits per heavy atom. The average molecular weight is 294 g/mol. The molecule has 0 aliphatic carbocycles. The summed E-state index contributed by atoms with van der Waals surface area (Å²) in [6, 6.07) is 0. The van der Waals surface area contributed by atoms with Gasteiger partial charge >= 0.3 is 0 Å². The average Bonchev–Trinajstić information content (AvgIpc) is 2.47. The van der Waals surface area contributed by atoms with Crippen molar-refractivity contribution in [3.8, 4) is 0 Å². The Bertz CT molecular complexity index is 185. The van der Waals surface area contributed by atoms with E-state index in [9.17, 15) is 0 Å². The van der Waals surface area contributed by atoms with E-state index in [4.69, 9.17) is 33.5 Å². The van der Waals surface area contributed by atoms with Crippen LogP contribution in [0.15, 0.2) is 0 Å². The Labute approximate surface area is 120 Å². The molecule has 1 aliphatic heterocycles. The maximum absolute atomic E-state index is 5.45. The molecule has 1 atom stereocenters.